The van der Waals surface area contributed by atoms with Crippen molar-refractivity contribution < 1.29 is 9.47 Å². The van der Waals surface area contributed by atoms with Crippen LogP contribution < -0.4 is 9.80 Å². The number of hydrogen-bond acceptors (Lipinski definition) is 7. The number of piperazine rings is 1. The minimum absolute atomic E-state index is 0.381. The second kappa shape index (κ2) is 7.89. The first-order valence-corrected chi connectivity index (χ1v) is 10.6. The van der Waals surface area contributed by atoms with Crippen LogP contribution in [0.2, 0.25) is 0 Å². The van der Waals surface area contributed by atoms with Crippen LogP contribution in [-0.4, -0.2) is 80.2 Å². The fourth-order valence-electron chi connectivity index (χ4n) is 4.35. The number of ether oxygens (including phenoxy) is 2. The maximum absolute atomic E-state index is 5.89. The molecule has 7 nitrogen and oxygen atoms in total. The zero-order chi connectivity index (χ0) is 19.7. The van der Waals surface area contributed by atoms with Crippen molar-refractivity contribution in [1.82, 2.24) is 14.9 Å². The Morgan fingerprint density at radius 1 is 0.828 bits per heavy atom. The molecule has 3 aliphatic rings. The highest BCUT2D eigenvalue weighted by molar-refractivity contribution is 5.65. The van der Waals surface area contributed by atoms with Crippen molar-refractivity contribution in [1.29, 1.82) is 0 Å². The number of likely N-dealkylation sites (N-methyl/N-ethyl adjacent to an activating group) is 1. The van der Waals surface area contributed by atoms with Crippen LogP contribution in [-0.2, 0) is 9.47 Å². The summed E-state index contributed by atoms with van der Waals surface area (Å²) >= 11 is 0. The van der Waals surface area contributed by atoms with E-state index in [0.717, 1.165) is 75.1 Å². The number of piperidine rings is 1. The summed E-state index contributed by atoms with van der Waals surface area (Å²) in [5.41, 5.74) is 2.11. The van der Waals surface area contributed by atoms with E-state index in [1.165, 1.54) is 0 Å². The lowest BCUT2D eigenvalue weighted by molar-refractivity contribution is -0.169. The van der Waals surface area contributed by atoms with E-state index in [1.807, 2.05) is 6.07 Å². The monoisotopic (exact) mass is 395 g/mol. The summed E-state index contributed by atoms with van der Waals surface area (Å²) in [4.78, 5) is 17.0. The van der Waals surface area contributed by atoms with Crippen molar-refractivity contribution in [2.24, 2.45) is 0 Å². The minimum atomic E-state index is -0.381. The highest BCUT2D eigenvalue weighted by Crippen LogP contribution is 2.33. The summed E-state index contributed by atoms with van der Waals surface area (Å²) in [7, 11) is 2.18. The van der Waals surface area contributed by atoms with Crippen LogP contribution >= 0.6 is 0 Å². The lowest BCUT2D eigenvalue weighted by Gasteiger charge is -2.38. The maximum Gasteiger partial charge on any atom is 0.227 e. The normalized spacial score (nSPS) is 22.4. The highest BCUT2D eigenvalue weighted by Gasteiger charge is 2.40. The smallest absolute Gasteiger partial charge is 0.227 e. The molecule has 0 unspecified atom stereocenters. The van der Waals surface area contributed by atoms with Crippen LogP contribution in [0.4, 0.5) is 11.8 Å². The number of aromatic nitrogens is 2. The second-order valence-corrected chi connectivity index (χ2v) is 8.16. The quantitative estimate of drug-likeness (QED) is 0.790. The third kappa shape index (κ3) is 3.95. The molecule has 1 aromatic heterocycles. The van der Waals surface area contributed by atoms with Crippen molar-refractivity contribution in [2.45, 2.75) is 18.6 Å². The number of anilines is 2. The van der Waals surface area contributed by atoms with E-state index in [4.69, 9.17) is 19.4 Å². The number of hydrogen-bond donors (Lipinski definition) is 0. The van der Waals surface area contributed by atoms with Crippen LogP contribution in [0.25, 0.3) is 11.3 Å². The Kier molecular flexibility index (Phi) is 5.11. The zero-order valence-electron chi connectivity index (χ0n) is 17.1. The zero-order valence-corrected chi connectivity index (χ0v) is 17.1. The molecule has 0 amide bonds. The van der Waals surface area contributed by atoms with Crippen LogP contribution in [0.5, 0.6) is 0 Å². The molecule has 7 heteroatoms. The van der Waals surface area contributed by atoms with Gasteiger partial charge in [0.05, 0.1) is 18.9 Å². The summed E-state index contributed by atoms with van der Waals surface area (Å²) in [6.45, 7) is 7.20. The molecular formula is C22H29N5O2. The Morgan fingerprint density at radius 2 is 1.52 bits per heavy atom. The molecule has 5 rings (SSSR count). The van der Waals surface area contributed by atoms with Crippen LogP contribution in [0.3, 0.4) is 0 Å². The minimum Gasteiger partial charge on any atom is -0.354 e. The van der Waals surface area contributed by atoms with Crippen molar-refractivity contribution in [3.05, 3.63) is 36.4 Å². The largest absolute Gasteiger partial charge is 0.354 e. The topological polar surface area (TPSA) is 54.0 Å². The molecular weight excluding hydrogens is 366 g/mol. The summed E-state index contributed by atoms with van der Waals surface area (Å²) in [6, 6.07) is 12.5. The molecule has 0 saturated carbocycles. The van der Waals surface area contributed by atoms with Crippen molar-refractivity contribution in [3.63, 3.8) is 0 Å². The van der Waals surface area contributed by atoms with Gasteiger partial charge in [0, 0.05) is 63.7 Å². The second-order valence-electron chi connectivity index (χ2n) is 8.16. The van der Waals surface area contributed by atoms with E-state index >= 15 is 0 Å². The van der Waals surface area contributed by atoms with Gasteiger partial charge in [0.2, 0.25) is 5.95 Å². The SMILES string of the molecule is CN1CCN(c2cc(-c3ccccc3)nc(N3CCC4(CC3)OCCO4)n2)CC1. The molecule has 0 aliphatic carbocycles. The van der Waals surface area contributed by atoms with E-state index in [0.29, 0.717) is 13.2 Å². The fraction of sp³-hybridized carbons (Fsp3) is 0.545. The molecule has 1 aromatic carbocycles. The van der Waals surface area contributed by atoms with E-state index in [-0.39, 0.29) is 5.79 Å². The predicted octanol–water partition coefficient (Wildman–Crippen LogP) is 2.24. The number of benzene rings is 1. The molecule has 0 radical (unpaired) electrons. The molecule has 154 valence electrons. The number of nitrogens with zero attached hydrogens (tertiary/aromatic N) is 5. The lowest BCUT2D eigenvalue weighted by Crippen LogP contribution is -2.46. The highest BCUT2D eigenvalue weighted by atomic mass is 16.7. The van der Waals surface area contributed by atoms with Gasteiger partial charge in [-0.2, -0.15) is 4.98 Å². The van der Waals surface area contributed by atoms with Crippen LogP contribution in [0.1, 0.15) is 12.8 Å². The summed E-state index contributed by atoms with van der Waals surface area (Å²) < 4.78 is 11.8. The van der Waals surface area contributed by atoms with E-state index in [2.05, 4.69) is 52.1 Å². The first-order valence-electron chi connectivity index (χ1n) is 10.6. The van der Waals surface area contributed by atoms with Gasteiger partial charge in [-0.15, -0.1) is 0 Å². The first-order chi connectivity index (χ1) is 14.2. The van der Waals surface area contributed by atoms with Crippen molar-refractivity contribution in [3.8, 4) is 11.3 Å². The lowest BCUT2D eigenvalue weighted by atomic mass is 10.0. The third-order valence-corrected chi connectivity index (χ3v) is 6.22. The molecule has 3 fully saturated rings. The van der Waals surface area contributed by atoms with Gasteiger partial charge in [-0.05, 0) is 7.05 Å². The van der Waals surface area contributed by atoms with E-state index in [1.54, 1.807) is 0 Å². The molecule has 2 aromatic rings. The number of rotatable bonds is 3. The van der Waals surface area contributed by atoms with Gasteiger partial charge < -0.3 is 24.2 Å². The standard InChI is InChI=1S/C22H29N5O2/c1-25-11-13-26(14-12-25)20-17-19(18-5-3-2-4-6-18)23-21(24-20)27-9-7-22(8-10-27)28-15-16-29-22/h2-6,17H,7-16H2,1H3. The molecule has 0 atom stereocenters. The molecule has 3 aliphatic heterocycles. The summed E-state index contributed by atoms with van der Waals surface area (Å²) in [6.07, 6.45) is 1.71. The Hall–Kier alpha value is -2.22. The van der Waals surface area contributed by atoms with Crippen molar-refractivity contribution >= 4 is 11.8 Å². The molecule has 3 saturated heterocycles. The van der Waals surface area contributed by atoms with Gasteiger partial charge >= 0.3 is 0 Å². The van der Waals surface area contributed by atoms with Crippen LogP contribution in [0, 0.1) is 0 Å². The van der Waals surface area contributed by atoms with Gasteiger partial charge in [-0.3, -0.25) is 0 Å². The van der Waals surface area contributed by atoms with E-state index in [9.17, 15) is 0 Å². The molecule has 1 spiro atoms. The van der Waals surface area contributed by atoms with Gasteiger partial charge in [0.25, 0.3) is 0 Å². The Balaban J connectivity index is 1.43. The fourth-order valence-corrected chi connectivity index (χ4v) is 4.35. The predicted molar refractivity (Wildman–Crippen MR) is 113 cm³/mol. The van der Waals surface area contributed by atoms with E-state index < -0.39 is 0 Å². The van der Waals surface area contributed by atoms with Gasteiger partial charge in [0.15, 0.2) is 5.79 Å². The molecule has 0 bridgehead atoms. The van der Waals surface area contributed by atoms with Gasteiger partial charge in [-0.1, -0.05) is 30.3 Å². The summed E-state index contributed by atoms with van der Waals surface area (Å²) in [5.74, 6) is 1.46. The van der Waals surface area contributed by atoms with Crippen LogP contribution in [0.15, 0.2) is 36.4 Å². The molecule has 29 heavy (non-hydrogen) atoms. The van der Waals surface area contributed by atoms with Gasteiger partial charge in [0.1, 0.15) is 5.82 Å². The Bertz CT molecular complexity index is 822. The Morgan fingerprint density at radius 3 is 2.21 bits per heavy atom. The Labute approximate surface area is 172 Å². The first kappa shape index (κ1) is 18.8. The molecule has 0 N–H and O–H groups in total. The third-order valence-electron chi connectivity index (χ3n) is 6.22. The maximum atomic E-state index is 5.89. The average Bonchev–Trinajstić information content (AvgIpc) is 3.23. The molecule has 4 heterocycles. The summed E-state index contributed by atoms with van der Waals surface area (Å²) in [5, 5.41) is 0. The van der Waals surface area contributed by atoms with Gasteiger partial charge in [-0.25, -0.2) is 4.98 Å². The average molecular weight is 396 g/mol. The van der Waals surface area contributed by atoms with Crippen molar-refractivity contribution in [2.75, 3.05) is 69.3 Å².